The molecule has 102 valence electrons. The first kappa shape index (κ1) is 12.3. The van der Waals surface area contributed by atoms with E-state index in [1.165, 1.54) is 18.2 Å². The summed E-state index contributed by atoms with van der Waals surface area (Å²) in [6.45, 7) is 2.55. The summed E-state index contributed by atoms with van der Waals surface area (Å²) in [6, 6.07) is 4.29. The molecule has 1 aromatic rings. The molecule has 0 saturated carbocycles. The fraction of sp³-hybridized carbons (Fsp3) is 0.500. The van der Waals surface area contributed by atoms with Crippen LogP contribution in [0.2, 0.25) is 0 Å². The topological polar surface area (TPSA) is 72.8 Å². The van der Waals surface area contributed by atoms with Gasteiger partial charge in [0.25, 0.3) is 5.91 Å². The van der Waals surface area contributed by atoms with Gasteiger partial charge in [0.2, 0.25) is 0 Å². The number of phenolic OH excluding ortho intramolecular Hbond substituents is 2. The highest BCUT2D eigenvalue weighted by Gasteiger charge is 2.37. The van der Waals surface area contributed by atoms with E-state index in [1.54, 1.807) is 0 Å². The van der Waals surface area contributed by atoms with Crippen molar-refractivity contribution in [3.63, 3.8) is 0 Å². The molecule has 2 heterocycles. The van der Waals surface area contributed by atoms with E-state index in [0.717, 1.165) is 32.5 Å². The number of hydrogen-bond donors (Lipinski definition) is 3. The van der Waals surface area contributed by atoms with Crippen molar-refractivity contribution in [3.8, 4) is 11.5 Å². The van der Waals surface area contributed by atoms with Crippen LogP contribution in [0.1, 0.15) is 23.2 Å². The quantitative estimate of drug-likeness (QED) is 0.704. The number of nitrogens with one attached hydrogen (secondary N) is 1. The maximum atomic E-state index is 12.5. The Morgan fingerprint density at radius 3 is 2.68 bits per heavy atom. The summed E-state index contributed by atoms with van der Waals surface area (Å²) < 4.78 is 0. The number of carbonyl (C=O) groups excluding carboxylic acids is 1. The molecule has 2 unspecified atom stereocenters. The van der Waals surface area contributed by atoms with E-state index < -0.39 is 0 Å². The number of hydrogen-bond acceptors (Lipinski definition) is 4. The van der Waals surface area contributed by atoms with Crippen LogP contribution in [0.4, 0.5) is 0 Å². The highest BCUT2D eigenvalue weighted by Crippen LogP contribution is 2.29. The van der Waals surface area contributed by atoms with E-state index in [2.05, 4.69) is 5.32 Å². The second kappa shape index (κ2) is 4.74. The van der Waals surface area contributed by atoms with Crippen molar-refractivity contribution in [3.05, 3.63) is 23.8 Å². The molecule has 0 aliphatic carbocycles. The van der Waals surface area contributed by atoms with Crippen LogP contribution >= 0.6 is 0 Å². The van der Waals surface area contributed by atoms with Crippen LogP contribution in [-0.4, -0.2) is 46.7 Å². The summed E-state index contributed by atoms with van der Waals surface area (Å²) in [6.07, 6.45) is 2.17. The van der Waals surface area contributed by atoms with Gasteiger partial charge in [-0.25, -0.2) is 0 Å². The van der Waals surface area contributed by atoms with Crippen molar-refractivity contribution < 1.29 is 15.0 Å². The van der Waals surface area contributed by atoms with E-state index in [4.69, 9.17) is 0 Å². The molecule has 5 nitrogen and oxygen atoms in total. The molecule has 2 saturated heterocycles. The molecule has 0 aromatic heterocycles. The maximum Gasteiger partial charge on any atom is 0.254 e. The van der Waals surface area contributed by atoms with Gasteiger partial charge in [0.1, 0.15) is 11.5 Å². The highest BCUT2D eigenvalue weighted by atomic mass is 16.3. The van der Waals surface area contributed by atoms with Crippen LogP contribution < -0.4 is 5.32 Å². The van der Waals surface area contributed by atoms with Gasteiger partial charge in [0, 0.05) is 37.3 Å². The number of amides is 1. The lowest BCUT2D eigenvalue weighted by Crippen LogP contribution is -2.48. The van der Waals surface area contributed by atoms with Gasteiger partial charge in [0.05, 0.1) is 0 Å². The summed E-state index contributed by atoms with van der Waals surface area (Å²) in [5.74, 6) is 0.260. The molecule has 0 bridgehead atoms. The minimum atomic E-state index is -0.107. The molecule has 5 heteroatoms. The van der Waals surface area contributed by atoms with Crippen molar-refractivity contribution in [2.24, 2.45) is 5.92 Å². The second-order valence-electron chi connectivity index (χ2n) is 5.36. The zero-order valence-electron chi connectivity index (χ0n) is 10.7. The summed E-state index contributed by atoms with van der Waals surface area (Å²) >= 11 is 0. The minimum Gasteiger partial charge on any atom is -0.508 e. The average molecular weight is 262 g/mol. The van der Waals surface area contributed by atoms with Crippen LogP contribution in [0.15, 0.2) is 18.2 Å². The first-order chi connectivity index (χ1) is 9.15. The second-order valence-corrected chi connectivity index (χ2v) is 5.36. The monoisotopic (exact) mass is 262 g/mol. The molecule has 0 spiro atoms. The number of likely N-dealkylation sites (tertiary alicyclic amines) is 1. The van der Waals surface area contributed by atoms with Gasteiger partial charge in [-0.15, -0.1) is 0 Å². The van der Waals surface area contributed by atoms with E-state index in [9.17, 15) is 15.0 Å². The summed E-state index contributed by atoms with van der Waals surface area (Å²) in [4.78, 5) is 14.4. The van der Waals surface area contributed by atoms with E-state index in [-0.39, 0.29) is 23.4 Å². The Hall–Kier alpha value is -1.75. The van der Waals surface area contributed by atoms with Crippen LogP contribution in [0, 0.1) is 5.92 Å². The number of carbonyl (C=O) groups is 1. The largest absolute Gasteiger partial charge is 0.508 e. The third-order valence-corrected chi connectivity index (χ3v) is 4.09. The number of piperidine rings is 1. The minimum absolute atomic E-state index is 0.0820. The molecule has 2 aliphatic heterocycles. The number of nitrogens with zero attached hydrogens (tertiary/aromatic N) is 1. The van der Waals surface area contributed by atoms with Crippen LogP contribution in [0.3, 0.4) is 0 Å². The summed E-state index contributed by atoms with van der Waals surface area (Å²) in [5.41, 5.74) is 0.352. The fourth-order valence-electron chi connectivity index (χ4n) is 3.20. The van der Waals surface area contributed by atoms with Gasteiger partial charge >= 0.3 is 0 Å². The van der Waals surface area contributed by atoms with Crippen LogP contribution in [0.5, 0.6) is 11.5 Å². The number of rotatable bonds is 1. The van der Waals surface area contributed by atoms with Crippen molar-refractivity contribution in [2.75, 3.05) is 19.6 Å². The zero-order valence-corrected chi connectivity index (χ0v) is 10.7. The smallest absolute Gasteiger partial charge is 0.254 e. The van der Waals surface area contributed by atoms with E-state index in [1.807, 2.05) is 4.90 Å². The molecule has 19 heavy (non-hydrogen) atoms. The third-order valence-electron chi connectivity index (χ3n) is 4.09. The molecular weight excluding hydrogens is 244 g/mol. The fourth-order valence-corrected chi connectivity index (χ4v) is 3.20. The predicted molar refractivity (Wildman–Crippen MR) is 70.2 cm³/mol. The lowest BCUT2D eigenvalue weighted by atomic mass is 9.91. The van der Waals surface area contributed by atoms with Crippen molar-refractivity contribution in [1.29, 1.82) is 0 Å². The first-order valence-electron chi connectivity index (χ1n) is 6.70. The Balaban J connectivity index is 1.86. The molecular formula is C14H18N2O3. The van der Waals surface area contributed by atoms with Gasteiger partial charge < -0.3 is 20.4 Å². The molecule has 3 rings (SSSR count). The number of aromatic hydroxyl groups is 2. The molecule has 1 amide bonds. The maximum absolute atomic E-state index is 12.5. The van der Waals surface area contributed by atoms with Gasteiger partial charge in [0.15, 0.2) is 0 Å². The molecule has 2 aliphatic rings. The Bertz CT molecular complexity index is 483. The number of fused-ring (bicyclic) bond motifs is 1. The van der Waals surface area contributed by atoms with Crippen LogP contribution in [-0.2, 0) is 0 Å². The molecule has 1 aromatic carbocycles. The van der Waals surface area contributed by atoms with Gasteiger partial charge in [-0.1, -0.05) is 0 Å². The van der Waals surface area contributed by atoms with Gasteiger partial charge in [-0.3, -0.25) is 4.79 Å². The Kier molecular flexibility index (Phi) is 3.06. The summed E-state index contributed by atoms with van der Waals surface area (Å²) in [7, 11) is 0. The van der Waals surface area contributed by atoms with Crippen molar-refractivity contribution >= 4 is 5.91 Å². The normalized spacial score (nSPS) is 26.2. The number of benzene rings is 1. The predicted octanol–water partition coefficient (Wildman–Crippen LogP) is 0.922. The highest BCUT2D eigenvalue weighted by molar-refractivity contribution is 5.95. The third kappa shape index (κ3) is 2.26. The Labute approximate surface area is 111 Å². The van der Waals surface area contributed by atoms with E-state index >= 15 is 0 Å². The van der Waals surface area contributed by atoms with E-state index in [0.29, 0.717) is 11.5 Å². The Morgan fingerprint density at radius 1 is 1.21 bits per heavy atom. The lowest BCUT2D eigenvalue weighted by Gasteiger charge is -2.37. The Morgan fingerprint density at radius 2 is 1.95 bits per heavy atom. The number of phenols is 2. The SMILES string of the molecule is O=C(c1cc(O)cc(O)c1)N1CCCC2CNCC21. The average Bonchev–Trinajstić information content (AvgIpc) is 2.84. The van der Waals surface area contributed by atoms with Crippen LogP contribution in [0.25, 0.3) is 0 Å². The first-order valence-corrected chi connectivity index (χ1v) is 6.70. The summed E-state index contributed by atoms with van der Waals surface area (Å²) in [5, 5.41) is 22.3. The molecule has 0 radical (unpaired) electrons. The van der Waals surface area contributed by atoms with Gasteiger partial charge in [-0.2, -0.15) is 0 Å². The van der Waals surface area contributed by atoms with Crippen molar-refractivity contribution in [2.45, 2.75) is 18.9 Å². The zero-order chi connectivity index (χ0) is 13.4. The molecule has 2 atom stereocenters. The lowest BCUT2D eigenvalue weighted by molar-refractivity contribution is 0.0574. The van der Waals surface area contributed by atoms with Gasteiger partial charge in [-0.05, 0) is 30.9 Å². The molecule has 2 fully saturated rings. The standard InChI is InChI=1S/C14H18N2O3/c17-11-4-10(5-12(18)6-11)14(19)16-3-1-2-9-7-15-8-13(9)16/h4-6,9,13,15,17-18H,1-3,7-8H2. The van der Waals surface area contributed by atoms with Crippen molar-refractivity contribution in [1.82, 2.24) is 10.2 Å². The molecule has 3 N–H and O–H groups in total.